The first-order chi connectivity index (χ1) is 7.97. The van der Waals surface area contributed by atoms with Gasteiger partial charge in [0.2, 0.25) is 0 Å². The number of aryl methyl sites for hydroxylation is 1. The predicted molar refractivity (Wildman–Crippen MR) is 73.4 cm³/mol. The number of nitrogens with two attached hydrogens (primary N) is 1. The van der Waals surface area contributed by atoms with E-state index < -0.39 is 0 Å². The fourth-order valence-corrected chi connectivity index (χ4v) is 1.63. The summed E-state index contributed by atoms with van der Waals surface area (Å²) in [6.07, 6.45) is 0. The SMILES string of the molecule is CCN(C)CCNc1c(N)c(C)nn1C(C)C. The minimum atomic E-state index is 0.317. The van der Waals surface area contributed by atoms with Crippen molar-refractivity contribution >= 4 is 11.5 Å². The second kappa shape index (κ2) is 5.91. The molecular formula is C12H25N5. The number of rotatable bonds is 6. The maximum Gasteiger partial charge on any atom is 0.148 e. The molecule has 0 fully saturated rings. The molecule has 3 N–H and O–H groups in total. The van der Waals surface area contributed by atoms with Crippen LogP contribution in [0, 0.1) is 6.92 Å². The zero-order chi connectivity index (χ0) is 13.0. The fraction of sp³-hybridized carbons (Fsp3) is 0.750. The second-order valence-corrected chi connectivity index (χ2v) is 4.71. The highest BCUT2D eigenvalue weighted by atomic mass is 15.4. The average molecular weight is 239 g/mol. The average Bonchev–Trinajstić information content (AvgIpc) is 2.57. The van der Waals surface area contributed by atoms with E-state index in [1.165, 1.54) is 0 Å². The van der Waals surface area contributed by atoms with E-state index in [1.807, 2.05) is 11.6 Å². The minimum absolute atomic E-state index is 0.317. The van der Waals surface area contributed by atoms with Gasteiger partial charge in [0.15, 0.2) is 0 Å². The fourth-order valence-electron chi connectivity index (χ4n) is 1.63. The monoisotopic (exact) mass is 239 g/mol. The topological polar surface area (TPSA) is 59.1 Å². The third-order valence-electron chi connectivity index (χ3n) is 2.95. The quantitative estimate of drug-likeness (QED) is 0.793. The number of aromatic nitrogens is 2. The van der Waals surface area contributed by atoms with E-state index in [0.29, 0.717) is 6.04 Å². The third kappa shape index (κ3) is 3.36. The number of hydrogen-bond donors (Lipinski definition) is 2. The van der Waals surface area contributed by atoms with E-state index in [2.05, 4.69) is 43.1 Å². The Morgan fingerprint density at radius 2 is 2.12 bits per heavy atom. The maximum absolute atomic E-state index is 6.03. The van der Waals surface area contributed by atoms with E-state index in [4.69, 9.17) is 5.73 Å². The molecule has 17 heavy (non-hydrogen) atoms. The Morgan fingerprint density at radius 1 is 1.47 bits per heavy atom. The normalized spacial score (nSPS) is 11.5. The number of hydrogen-bond acceptors (Lipinski definition) is 4. The van der Waals surface area contributed by atoms with Crippen molar-refractivity contribution in [2.24, 2.45) is 0 Å². The van der Waals surface area contributed by atoms with Gasteiger partial charge in [0.05, 0.1) is 11.4 Å². The minimum Gasteiger partial charge on any atom is -0.394 e. The summed E-state index contributed by atoms with van der Waals surface area (Å²) in [7, 11) is 2.11. The molecule has 0 aliphatic rings. The highest BCUT2D eigenvalue weighted by Gasteiger charge is 2.13. The first-order valence-electron chi connectivity index (χ1n) is 6.24. The first-order valence-corrected chi connectivity index (χ1v) is 6.24. The van der Waals surface area contributed by atoms with Crippen LogP contribution in [0.2, 0.25) is 0 Å². The summed E-state index contributed by atoms with van der Waals surface area (Å²) >= 11 is 0. The molecule has 5 heteroatoms. The molecule has 0 radical (unpaired) electrons. The lowest BCUT2D eigenvalue weighted by Crippen LogP contribution is -2.25. The molecule has 0 saturated carbocycles. The highest BCUT2D eigenvalue weighted by molar-refractivity contribution is 5.64. The second-order valence-electron chi connectivity index (χ2n) is 4.71. The van der Waals surface area contributed by atoms with Gasteiger partial charge in [-0.3, -0.25) is 0 Å². The van der Waals surface area contributed by atoms with E-state index >= 15 is 0 Å². The molecule has 0 aliphatic heterocycles. The van der Waals surface area contributed by atoms with Crippen molar-refractivity contribution < 1.29 is 0 Å². The molecule has 1 rings (SSSR count). The number of anilines is 2. The summed E-state index contributed by atoms with van der Waals surface area (Å²) in [5.41, 5.74) is 7.69. The van der Waals surface area contributed by atoms with Crippen LogP contribution in [-0.4, -0.2) is 41.4 Å². The third-order valence-corrected chi connectivity index (χ3v) is 2.95. The molecule has 0 saturated heterocycles. The van der Waals surface area contributed by atoms with Gasteiger partial charge in [-0.2, -0.15) is 5.10 Å². The lowest BCUT2D eigenvalue weighted by Gasteiger charge is -2.17. The summed E-state index contributed by atoms with van der Waals surface area (Å²) in [5.74, 6) is 0.946. The number of nitrogens with zero attached hydrogens (tertiary/aromatic N) is 3. The van der Waals surface area contributed by atoms with Crippen LogP contribution < -0.4 is 11.1 Å². The summed E-state index contributed by atoms with van der Waals surface area (Å²) < 4.78 is 1.95. The summed E-state index contributed by atoms with van der Waals surface area (Å²) in [5, 5.41) is 7.83. The van der Waals surface area contributed by atoms with Gasteiger partial charge in [-0.25, -0.2) is 4.68 Å². The smallest absolute Gasteiger partial charge is 0.148 e. The van der Waals surface area contributed by atoms with Gasteiger partial charge in [0.1, 0.15) is 5.82 Å². The molecule has 5 nitrogen and oxygen atoms in total. The molecule has 1 heterocycles. The zero-order valence-electron chi connectivity index (χ0n) is 11.6. The van der Waals surface area contributed by atoms with Crippen LogP contribution in [-0.2, 0) is 0 Å². The van der Waals surface area contributed by atoms with Crippen LogP contribution in [0.25, 0.3) is 0 Å². The first kappa shape index (κ1) is 13.8. The molecule has 0 aliphatic carbocycles. The van der Waals surface area contributed by atoms with Crippen LogP contribution in [0.1, 0.15) is 32.5 Å². The lowest BCUT2D eigenvalue weighted by molar-refractivity contribution is 0.366. The molecule has 0 amide bonds. The Balaban J connectivity index is 2.69. The van der Waals surface area contributed by atoms with Crippen LogP contribution >= 0.6 is 0 Å². The zero-order valence-corrected chi connectivity index (χ0v) is 11.6. The summed E-state index contributed by atoms with van der Waals surface area (Å²) in [6.45, 7) is 11.2. The molecule has 0 atom stereocenters. The Hall–Kier alpha value is -1.23. The van der Waals surface area contributed by atoms with E-state index in [-0.39, 0.29) is 0 Å². The molecule has 1 aromatic rings. The van der Waals surface area contributed by atoms with Crippen LogP contribution in [0.3, 0.4) is 0 Å². The summed E-state index contributed by atoms with van der Waals surface area (Å²) in [6, 6.07) is 0.317. The molecular weight excluding hydrogens is 214 g/mol. The largest absolute Gasteiger partial charge is 0.394 e. The van der Waals surface area contributed by atoms with Gasteiger partial charge in [0.25, 0.3) is 0 Å². The van der Waals surface area contributed by atoms with Gasteiger partial charge in [-0.1, -0.05) is 6.92 Å². The summed E-state index contributed by atoms with van der Waals surface area (Å²) in [4.78, 5) is 2.26. The lowest BCUT2D eigenvalue weighted by atomic mass is 10.3. The van der Waals surface area contributed by atoms with Crippen molar-refractivity contribution in [3.63, 3.8) is 0 Å². The molecule has 0 unspecified atom stereocenters. The molecule has 0 bridgehead atoms. The molecule has 0 aromatic carbocycles. The van der Waals surface area contributed by atoms with Crippen LogP contribution in [0.15, 0.2) is 0 Å². The Labute approximate surface area is 104 Å². The molecule has 1 aromatic heterocycles. The highest BCUT2D eigenvalue weighted by Crippen LogP contribution is 2.25. The van der Waals surface area contributed by atoms with Gasteiger partial charge in [-0.05, 0) is 34.4 Å². The number of nitrogen functional groups attached to an aromatic ring is 1. The van der Waals surface area contributed by atoms with Gasteiger partial charge in [0, 0.05) is 19.1 Å². The van der Waals surface area contributed by atoms with Crippen molar-refractivity contribution in [1.82, 2.24) is 14.7 Å². The van der Waals surface area contributed by atoms with Crippen LogP contribution in [0.4, 0.5) is 11.5 Å². The standard InChI is InChI=1S/C12H25N5/c1-6-16(5)8-7-14-12-11(13)10(4)15-17(12)9(2)3/h9,14H,6-8,13H2,1-5H3. The Bertz CT molecular complexity index is 356. The van der Waals surface area contributed by atoms with Gasteiger partial charge < -0.3 is 16.0 Å². The van der Waals surface area contributed by atoms with E-state index in [0.717, 1.165) is 36.8 Å². The molecule has 98 valence electrons. The van der Waals surface area contributed by atoms with E-state index in [1.54, 1.807) is 0 Å². The van der Waals surface area contributed by atoms with Gasteiger partial charge >= 0.3 is 0 Å². The van der Waals surface area contributed by atoms with Crippen molar-refractivity contribution in [2.45, 2.75) is 33.7 Å². The predicted octanol–water partition coefficient (Wildman–Crippen LogP) is 1.72. The number of nitrogens with one attached hydrogen (secondary N) is 1. The molecule has 0 spiro atoms. The van der Waals surface area contributed by atoms with Crippen LogP contribution in [0.5, 0.6) is 0 Å². The van der Waals surface area contributed by atoms with Crippen molar-refractivity contribution in [3.05, 3.63) is 5.69 Å². The Kier molecular flexibility index (Phi) is 4.81. The van der Waals surface area contributed by atoms with E-state index in [9.17, 15) is 0 Å². The van der Waals surface area contributed by atoms with Crippen molar-refractivity contribution in [3.8, 4) is 0 Å². The van der Waals surface area contributed by atoms with Gasteiger partial charge in [-0.15, -0.1) is 0 Å². The maximum atomic E-state index is 6.03. The van der Waals surface area contributed by atoms with Crippen molar-refractivity contribution in [1.29, 1.82) is 0 Å². The number of likely N-dealkylation sites (N-methyl/N-ethyl adjacent to an activating group) is 1. The Morgan fingerprint density at radius 3 is 2.65 bits per heavy atom. The van der Waals surface area contributed by atoms with Crippen molar-refractivity contribution in [2.75, 3.05) is 37.7 Å².